The van der Waals surface area contributed by atoms with E-state index in [1.807, 2.05) is 37.4 Å². The molecule has 1 amide bonds. The van der Waals surface area contributed by atoms with E-state index in [-0.39, 0.29) is 11.9 Å². The van der Waals surface area contributed by atoms with E-state index in [0.717, 1.165) is 17.0 Å². The van der Waals surface area contributed by atoms with Crippen molar-refractivity contribution in [1.29, 1.82) is 0 Å². The van der Waals surface area contributed by atoms with Crippen molar-refractivity contribution in [3.63, 3.8) is 0 Å². The molecule has 1 unspecified atom stereocenters. The fraction of sp³-hybridized carbons (Fsp3) is 0.444. The fourth-order valence-corrected chi connectivity index (χ4v) is 2.85. The van der Waals surface area contributed by atoms with Gasteiger partial charge in [-0.1, -0.05) is 18.6 Å². The van der Waals surface area contributed by atoms with Gasteiger partial charge in [-0.25, -0.2) is 4.68 Å². The maximum absolute atomic E-state index is 12.0. The van der Waals surface area contributed by atoms with E-state index >= 15 is 0 Å². The van der Waals surface area contributed by atoms with Gasteiger partial charge in [0.1, 0.15) is 11.4 Å². The van der Waals surface area contributed by atoms with Crippen molar-refractivity contribution in [3.8, 4) is 11.4 Å². The van der Waals surface area contributed by atoms with Crippen LogP contribution in [0.5, 0.6) is 5.75 Å². The number of para-hydroxylation sites is 2. The van der Waals surface area contributed by atoms with E-state index in [1.165, 1.54) is 19.3 Å². The largest absolute Gasteiger partial charge is 0.494 e. The molecule has 1 aromatic carbocycles. The highest BCUT2D eigenvalue weighted by molar-refractivity contribution is 5.76. The van der Waals surface area contributed by atoms with Crippen molar-refractivity contribution < 1.29 is 9.53 Å². The molecule has 1 heterocycles. The van der Waals surface area contributed by atoms with E-state index in [0.29, 0.717) is 12.3 Å². The first-order valence-corrected chi connectivity index (χ1v) is 8.14. The fourth-order valence-electron chi connectivity index (χ4n) is 2.85. The highest BCUT2D eigenvalue weighted by atomic mass is 16.5. The van der Waals surface area contributed by atoms with Gasteiger partial charge in [0, 0.05) is 18.2 Å². The number of hydrogen-bond donors (Lipinski definition) is 1. The van der Waals surface area contributed by atoms with Crippen molar-refractivity contribution in [1.82, 2.24) is 15.1 Å². The number of benzene rings is 1. The third-order valence-electron chi connectivity index (χ3n) is 4.51. The normalized spacial score (nSPS) is 15.7. The van der Waals surface area contributed by atoms with Crippen LogP contribution in [0.1, 0.15) is 44.2 Å². The lowest BCUT2D eigenvalue weighted by atomic mass is 9.83. The van der Waals surface area contributed by atoms with Gasteiger partial charge in [-0.3, -0.25) is 4.79 Å². The van der Waals surface area contributed by atoms with Crippen LogP contribution in [0.2, 0.25) is 0 Å². The first kappa shape index (κ1) is 15.6. The number of hydrogen-bond acceptors (Lipinski definition) is 3. The molecule has 1 N–H and O–H groups in total. The van der Waals surface area contributed by atoms with Crippen LogP contribution in [0.3, 0.4) is 0 Å². The summed E-state index contributed by atoms with van der Waals surface area (Å²) in [5, 5.41) is 7.46. The molecule has 0 radical (unpaired) electrons. The molecule has 1 atom stereocenters. The molecule has 0 spiro atoms. The second kappa shape index (κ2) is 6.86. The van der Waals surface area contributed by atoms with Crippen LogP contribution in [0.25, 0.3) is 5.69 Å². The van der Waals surface area contributed by atoms with Gasteiger partial charge in [0.25, 0.3) is 0 Å². The van der Waals surface area contributed by atoms with Crippen LogP contribution in [0.4, 0.5) is 0 Å². The highest BCUT2D eigenvalue weighted by Gasteiger charge is 2.22. The van der Waals surface area contributed by atoms with Gasteiger partial charge in [0.2, 0.25) is 5.91 Å². The van der Waals surface area contributed by atoms with Crippen LogP contribution in [-0.4, -0.2) is 22.8 Å². The molecule has 1 saturated carbocycles. The van der Waals surface area contributed by atoms with E-state index in [1.54, 1.807) is 18.0 Å². The molecule has 0 aliphatic heterocycles. The third-order valence-corrected chi connectivity index (χ3v) is 4.51. The Bertz CT molecular complexity index is 676. The SMILES string of the molecule is COc1ccccc1-n1cc(C(C)NC(=O)CC2CCC2)cn1. The van der Waals surface area contributed by atoms with Crippen molar-refractivity contribution in [2.24, 2.45) is 5.92 Å². The lowest BCUT2D eigenvalue weighted by molar-refractivity contribution is -0.123. The average molecular weight is 313 g/mol. The van der Waals surface area contributed by atoms with E-state index in [9.17, 15) is 4.79 Å². The molecule has 1 aromatic heterocycles. The standard InChI is InChI=1S/C18H23N3O2/c1-13(20-18(22)10-14-6-5-7-14)15-11-19-21(12-15)16-8-3-4-9-17(16)23-2/h3-4,8-9,11-14H,5-7,10H2,1-2H3,(H,20,22). The van der Waals surface area contributed by atoms with Crippen molar-refractivity contribution in [2.75, 3.05) is 7.11 Å². The summed E-state index contributed by atoms with van der Waals surface area (Å²) in [5.74, 6) is 1.48. The summed E-state index contributed by atoms with van der Waals surface area (Å²) in [7, 11) is 1.65. The van der Waals surface area contributed by atoms with E-state index in [4.69, 9.17) is 4.74 Å². The van der Waals surface area contributed by atoms with Gasteiger partial charge in [-0.15, -0.1) is 0 Å². The summed E-state index contributed by atoms with van der Waals surface area (Å²) < 4.78 is 7.15. The van der Waals surface area contributed by atoms with Crippen LogP contribution >= 0.6 is 0 Å². The molecular formula is C18H23N3O2. The van der Waals surface area contributed by atoms with Crippen molar-refractivity contribution >= 4 is 5.91 Å². The molecule has 5 heteroatoms. The molecule has 2 aromatic rings. The summed E-state index contributed by atoms with van der Waals surface area (Å²) in [5.41, 5.74) is 1.87. The Labute approximate surface area is 136 Å². The summed E-state index contributed by atoms with van der Waals surface area (Å²) in [4.78, 5) is 12.0. The van der Waals surface area contributed by atoms with E-state index in [2.05, 4.69) is 10.4 Å². The molecule has 122 valence electrons. The topological polar surface area (TPSA) is 56.1 Å². The molecule has 0 bridgehead atoms. The molecule has 5 nitrogen and oxygen atoms in total. The van der Waals surface area contributed by atoms with Gasteiger partial charge in [-0.05, 0) is 37.8 Å². The number of nitrogens with one attached hydrogen (secondary N) is 1. The zero-order valence-corrected chi connectivity index (χ0v) is 13.7. The molecule has 3 rings (SSSR count). The number of aromatic nitrogens is 2. The first-order chi connectivity index (χ1) is 11.2. The molecule has 1 aliphatic rings. The van der Waals surface area contributed by atoms with Gasteiger partial charge >= 0.3 is 0 Å². The minimum absolute atomic E-state index is 0.0500. The average Bonchev–Trinajstić information content (AvgIpc) is 3.01. The van der Waals surface area contributed by atoms with Gasteiger partial charge < -0.3 is 10.1 Å². The highest BCUT2D eigenvalue weighted by Crippen LogP contribution is 2.29. The van der Waals surface area contributed by atoms with Crippen LogP contribution in [-0.2, 0) is 4.79 Å². The van der Waals surface area contributed by atoms with Crippen LogP contribution in [0.15, 0.2) is 36.7 Å². The monoisotopic (exact) mass is 313 g/mol. The molecule has 23 heavy (non-hydrogen) atoms. The van der Waals surface area contributed by atoms with Crippen molar-refractivity contribution in [3.05, 3.63) is 42.2 Å². The maximum atomic E-state index is 12.0. The molecular weight excluding hydrogens is 290 g/mol. The number of ether oxygens (including phenoxy) is 1. The predicted molar refractivity (Wildman–Crippen MR) is 88.6 cm³/mol. The second-order valence-corrected chi connectivity index (χ2v) is 6.18. The molecule has 0 saturated heterocycles. The Hall–Kier alpha value is -2.30. The minimum atomic E-state index is -0.0500. The summed E-state index contributed by atoms with van der Waals surface area (Å²) >= 11 is 0. The lowest BCUT2D eigenvalue weighted by Crippen LogP contribution is -2.29. The Morgan fingerprint density at radius 1 is 1.43 bits per heavy atom. The van der Waals surface area contributed by atoms with Crippen LogP contribution in [0, 0.1) is 5.92 Å². The summed E-state index contributed by atoms with van der Waals surface area (Å²) in [6.07, 6.45) is 8.01. The predicted octanol–water partition coefficient (Wildman–Crippen LogP) is 3.25. The smallest absolute Gasteiger partial charge is 0.220 e. The van der Waals surface area contributed by atoms with Crippen molar-refractivity contribution in [2.45, 2.75) is 38.6 Å². The number of nitrogens with zero attached hydrogens (tertiary/aromatic N) is 2. The number of methoxy groups -OCH3 is 1. The van der Waals surface area contributed by atoms with Gasteiger partial charge in [-0.2, -0.15) is 5.10 Å². The first-order valence-electron chi connectivity index (χ1n) is 8.14. The Morgan fingerprint density at radius 3 is 2.91 bits per heavy atom. The van der Waals surface area contributed by atoms with Crippen LogP contribution < -0.4 is 10.1 Å². The maximum Gasteiger partial charge on any atom is 0.220 e. The molecule has 1 aliphatic carbocycles. The Kier molecular flexibility index (Phi) is 4.65. The Balaban J connectivity index is 1.67. The summed E-state index contributed by atoms with van der Waals surface area (Å²) in [6.45, 7) is 1.99. The van der Waals surface area contributed by atoms with Gasteiger partial charge in [0.15, 0.2) is 0 Å². The zero-order valence-electron chi connectivity index (χ0n) is 13.7. The second-order valence-electron chi connectivity index (χ2n) is 6.18. The Morgan fingerprint density at radius 2 is 2.22 bits per heavy atom. The number of carbonyl (C=O) groups excluding carboxylic acids is 1. The quantitative estimate of drug-likeness (QED) is 0.890. The zero-order chi connectivity index (χ0) is 16.2. The van der Waals surface area contributed by atoms with E-state index < -0.39 is 0 Å². The van der Waals surface area contributed by atoms with Gasteiger partial charge in [0.05, 0.1) is 19.3 Å². The number of amides is 1. The number of carbonyl (C=O) groups is 1. The lowest BCUT2D eigenvalue weighted by Gasteiger charge is -2.25. The third kappa shape index (κ3) is 3.55. The number of rotatable bonds is 6. The summed E-state index contributed by atoms with van der Waals surface area (Å²) in [6, 6.07) is 7.68. The molecule has 1 fully saturated rings. The minimum Gasteiger partial charge on any atom is -0.494 e.